The van der Waals surface area contributed by atoms with E-state index in [1.165, 1.54) is 0 Å². The molecule has 0 atom stereocenters. The van der Waals surface area contributed by atoms with Crippen molar-refractivity contribution in [2.24, 2.45) is 0 Å². The molecule has 0 radical (unpaired) electrons. The molecule has 0 N–H and O–H groups in total. The minimum atomic E-state index is -0.354. The quantitative estimate of drug-likeness (QED) is 0.105. The number of hydrogen-bond acceptors (Lipinski definition) is 16. The third kappa shape index (κ3) is 14.3. The zero-order valence-corrected chi connectivity index (χ0v) is 58.0. The molecule has 1 saturated heterocycles. The van der Waals surface area contributed by atoms with Gasteiger partial charge in [0.15, 0.2) is 40.0 Å². The highest BCUT2D eigenvalue weighted by Crippen LogP contribution is 2.38. The van der Waals surface area contributed by atoms with Crippen molar-refractivity contribution in [3.05, 3.63) is 302 Å². The molecule has 0 aliphatic carbocycles. The predicted molar refractivity (Wildman–Crippen MR) is 410 cm³/mol. The van der Waals surface area contributed by atoms with Gasteiger partial charge in [0.05, 0.1) is 34.0 Å². The molecule has 8 heterocycles. The molecule has 1 aliphatic rings. The van der Waals surface area contributed by atoms with Crippen molar-refractivity contribution in [2.45, 2.75) is 38.9 Å². The van der Waals surface area contributed by atoms with Crippen molar-refractivity contribution in [3.8, 4) is 125 Å². The molecule has 0 spiro atoms. The number of nitrogens with zero attached hydrogens (tertiary/aromatic N) is 11. The molecule has 1 fully saturated rings. The number of para-hydroxylation sites is 6. The van der Waals surface area contributed by atoms with Gasteiger partial charge in [0, 0.05) is 61.2 Å². The lowest BCUT2D eigenvalue weighted by atomic mass is 9.79. The average Bonchev–Trinajstić information content (AvgIpc) is 1.14. The lowest BCUT2D eigenvalue weighted by Crippen LogP contribution is -2.41. The summed E-state index contributed by atoms with van der Waals surface area (Å²) in [6.07, 6.45) is 0. The fourth-order valence-corrected chi connectivity index (χ4v) is 12.2. The van der Waals surface area contributed by atoms with E-state index in [1.54, 1.807) is 0 Å². The minimum Gasteiger partial charge on any atom is -0.436 e. The Labute approximate surface area is 608 Å². The summed E-state index contributed by atoms with van der Waals surface area (Å²) in [6.45, 7) is 8.22. The highest BCUT2D eigenvalue weighted by atomic mass is 35.5. The van der Waals surface area contributed by atoms with Crippen LogP contribution in [-0.2, 0) is 9.31 Å². The molecule has 0 amide bonds. The Balaban J connectivity index is 0.000000138. The van der Waals surface area contributed by atoms with Gasteiger partial charge in [-0.05, 0) is 153 Å². The van der Waals surface area contributed by atoms with Crippen molar-refractivity contribution in [1.29, 1.82) is 0 Å². The van der Waals surface area contributed by atoms with Gasteiger partial charge in [-0.15, -0.1) is 0 Å². The second-order valence-corrected chi connectivity index (χ2v) is 26.2. The van der Waals surface area contributed by atoms with Crippen LogP contribution in [0.2, 0.25) is 10.6 Å². The minimum absolute atomic E-state index is 0.0549. The van der Waals surface area contributed by atoms with Crippen molar-refractivity contribution >= 4 is 69.1 Å². The number of pyridine rings is 2. The summed E-state index contributed by atoms with van der Waals surface area (Å²) in [5.41, 5.74) is 18.2. The molecule has 0 unspecified atom stereocenters. The number of benzene rings is 10. The van der Waals surface area contributed by atoms with Crippen LogP contribution in [0.15, 0.2) is 304 Å². The molecule has 502 valence electrons. The van der Waals surface area contributed by atoms with Gasteiger partial charge in [0.1, 0.15) is 16.6 Å². The molecule has 0 saturated carbocycles. The Morgan fingerprint density at radius 3 is 0.837 bits per heavy atom. The molecule has 18 rings (SSSR count). The zero-order valence-electron chi connectivity index (χ0n) is 56.5. The molecule has 16 nitrogen and oxygen atoms in total. The largest absolute Gasteiger partial charge is 0.494 e. The van der Waals surface area contributed by atoms with Crippen LogP contribution in [0.1, 0.15) is 27.7 Å². The van der Waals surface area contributed by atoms with Crippen LogP contribution in [0.4, 0.5) is 0 Å². The van der Waals surface area contributed by atoms with Crippen molar-refractivity contribution in [3.63, 3.8) is 0 Å². The third-order valence-electron chi connectivity index (χ3n) is 18.0. The van der Waals surface area contributed by atoms with E-state index >= 15 is 0 Å². The van der Waals surface area contributed by atoms with Crippen LogP contribution in [0.3, 0.4) is 0 Å². The number of hydrogen-bond donors (Lipinski definition) is 0. The molecule has 17 aromatic rings. The van der Waals surface area contributed by atoms with Gasteiger partial charge in [0.25, 0.3) is 0 Å². The van der Waals surface area contributed by atoms with Crippen LogP contribution in [-0.4, -0.2) is 73.1 Å². The van der Waals surface area contributed by atoms with E-state index in [0.717, 1.165) is 123 Å². The summed E-state index contributed by atoms with van der Waals surface area (Å²) in [4.78, 5) is 51.2. The number of oxazole rings is 3. The zero-order chi connectivity index (χ0) is 70.7. The molecular weight excluding hydrogens is 1340 g/mol. The molecule has 19 heteroatoms. The number of fused-ring (bicyclic) bond motifs is 3. The van der Waals surface area contributed by atoms with E-state index in [-0.39, 0.29) is 28.9 Å². The van der Waals surface area contributed by atoms with Crippen LogP contribution in [0.25, 0.3) is 158 Å². The van der Waals surface area contributed by atoms with Gasteiger partial charge in [-0.2, -0.15) is 15.0 Å². The second-order valence-electron chi connectivity index (χ2n) is 25.5. The molecule has 0 bridgehead atoms. The first-order chi connectivity index (χ1) is 50.7. The van der Waals surface area contributed by atoms with E-state index in [0.29, 0.717) is 41.0 Å². The lowest BCUT2D eigenvalue weighted by Gasteiger charge is -2.32. The first-order valence-corrected chi connectivity index (χ1v) is 34.3. The molecule has 1 aliphatic heterocycles. The van der Waals surface area contributed by atoms with Gasteiger partial charge in [-0.3, -0.25) is 0 Å². The van der Waals surface area contributed by atoms with Crippen LogP contribution in [0.5, 0.6) is 0 Å². The molecule has 10 aromatic carbocycles. The summed E-state index contributed by atoms with van der Waals surface area (Å²) < 4.78 is 30.1. The first-order valence-electron chi connectivity index (χ1n) is 33.6. The summed E-state index contributed by atoms with van der Waals surface area (Å²) in [6, 6.07) is 95.2. The summed E-state index contributed by atoms with van der Waals surface area (Å²) in [7, 11) is -0.354. The molecule has 104 heavy (non-hydrogen) atoms. The fraction of sp³-hybridized carbons (Fsp3) is 0.0706. The number of aromatic nitrogens is 11. The van der Waals surface area contributed by atoms with E-state index in [9.17, 15) is 0 Å². The van der Waals surface area contributed by atoms with E-state index < -0.39 is 0 Å². The standard InChI is InChI=1S/C46H28N6O2.C20H12Cl2N4.C19H20BNO3/c1-3-11-29(12-4-1)38-27-35(28-39(47-38)30-13-5-2-6-14-30)44-51-42(31-19-23-33(24-20-31)45-48-36-15-7-9-17-40(36)53-45)50-43(52-44)32-21-25-34(26-22-32)46-49-37-16-8-10-18-41(37)54-46;21-19-24-18(25-20(22)26-19)15-11-16(13-7-3-1-4-8-13)23-17(12-15)14-9-5-2-6-10-14;1-18(2)19(3,4)24-20(23-18)14-11-9-13(10-12-14)17-21-15-7-5-6-8-16(15)22-17/h1-28H;1-12H;5-12H,1-4H3. The summed E-state index contributed by atoms with van der Waals surface area (Å²) >= 11 is 11.9. The van der Waals surface area contributed by atoms with Gasteiger partial charge in [0.2, 0.25) is 28.2 Å². The predicted octanol–water partition coefficient (Wildman–Crippen LogP) is 20.6. The van der Waals surface area contributed by atoms with Crippen molar-refractivity contribution < 1.29 is 22.6 Å². The van der Waals surface area contributed by atoms with Gasteiger partial charge in [-0.25, -0.2) is 39.9 Å². The van der Waals surface area contributed by atoms with Gasteiger partial charge < -0.3 is 22.6 Å². The van der Waals surface area contributed by atoms with Crippen molar-refractivity contribution in [2.75, 3.05) is 0 Å². The maximum atomic E-state index is 6.08. The highest BCUT2D eigenvalue weighted by molar-refractivity contribution is 6.62. The molecular formula is C85H60BCl2N11O5. The summed E-state index contributed by atoms with van der Waals surface area (Å²) in [5.74, 6) is 3.72. The highest BCUT2D eigenvalue weighted by Gasteiger charge is 2.51. The Morgan fingerprint density at radius 2 is 0.519 bits per heavy atom. The lowest BCUT2D eigenvalue weighted by molar-refractivity contribution is 0.00578. The van der Waals surface area contributed by atoms with E-state index in [4.69, 9.17) is 70.7 Å². The topological polar surface area (TPSA) is 200 Å². The third-order valence-corrected chi connectivity index (χ3v) is 18.3. The second kappa shape index (κ2) is 28.5. The van der Waals surface area contributed by atoms with Crippen LogP contribution < -0.4 is 5.46 Å². The van der Waals surface area contributed by atoms with Crippen molar-refractivity contribution in [1.82, 2.24) is 54.8 Å². The smallest absolute Gasteiger partial charge is 0.436 e. The Bertz CT molecular complexity index is 5530. The molecule has 7 aromatic heterocycles. The summed E-state index contributed by atoms with van der Waals surface area (Å²) in [5, 5.41) is 0.110. The first kappa shape index (κ1) is 66.1. The monoisotopic (exact) mass is 1400 g/mol. The van der Waals surface area contributed by atoms with Gasteiger partial charge >= 0.3 is 7.12 Å². The maximum absolute atomic E-state index is 6.08. The fourth-order valence-electron chi connectivity index (χ4n) is 11.8. The van der Waals surface area contributed by atoms with E-state index in [2.05, 4.69) is 81.9 Å². The van der Waals surface area contributed by atoms with Crippen LogP contribution in [0, 0.1) is 0 Å². The number of rotatable bonds is 12. The van der Waals surface area contributed by atoms with E-state index in [1.807, 2.05) is 267 Å². The van der Waals surface area contributed by atoms with Crippen LogP contribution >= 0.6 is 23.2 Å². The average molecular weight is 1400 g/mol. The Hall–Kier alpha value is -12.5. The Morgan fingerprint density at radius 1 is 0.250 bits per heavy atom. The normalized spacial score (nSPS) is 13.0. The van der Waals surface area contributed by atoms with Gasteiger partial charge in [-0.1, -0.05) is 194 Å². The maximum Gasteiger partial charge on any atom is 0.494 e. The number of halogens is 2. The SMILES string of the molecule is CC1(C)OB(c2ccc(-c3nc4ccccc4o3)cc2)OC1(C)C.Clc1nc(Cl)nc(-c2cc(-c3ccccc3)nc(-c3ccccc3)c2)n1.c1ccc(-c2cc(-c3nc(-c4ccc(-c5nc6ccccc6o5)cc4)nc(-c4ccc(-c5nc6ccccc6o5)cc4)n3)cc(-c3ccccc3)n2)cc1. The Kier molecular flexibility index (Phi) is 18.1.